The van der Waals surface area contributed by atoms with E-state index in [-0.39, 0.29) is 6.04 Å². The van der Waals surface area contributed by atoms with Crippen LogP contribution in [0.2, 0.25) is 0 Å². The average Bonchev–Trinajstić information content (AvgIpc) is 3.19. The number of aromatic nitrogens is 5. The van der Waals surface area contributed by atoms with Crippen LogP contribution in [0.5, 0.6) is 0 Å². The van der Waals surface area contributed by atoms with Gasteiger partial charge < -0.3 is 9.88 Å². The molecule has 0 fully saturated rings. The van der Waals surface area contributed by atoms with Crippen molar-refractivity contribution in [3.05, 3.63) is 60.7 Å². The summed E-state index contributed by atoms with van der Waals surface area (Å²) in [5.74, 6) is 1.20. The van der Waals surface area contributed by atoms with Gasteiger partial charge in [0.15, 0.2) is 17.3 Å². The molecule has 0 saturated carbocycles. The van der Waals surface area contributed by atoms with E-state index in [0.29, 0.717) is 35.8 Å². The topological polar surface area (TPSA) is 135 Å². The molecule has 32 heavy (non-hydrogen) atoms. The van der Waals surface area contributed by atoms with Crippen molar-refractivity contribution in [2.24, 2.45) is 0 Å². The van der Waals surface area contributed by atoms with Crippen molar-refractivity contribution >= 4 is 33.0 Å². The van der Waals surface area contributed by atoms with Crippen LogP contribution >= 0.6 is 0 Å². The highest BCUT2D eigenvalue weighted by molar-refractivity contribution is 7.87. The zero-order valence-corrected chi connectivity index (χ0v) is 18.4. The van der Waals surface area contributed by atoms with Gasteiger partial charge in [0.05, 0.1) is 12.0 Å². The molecule has 0 aliphatic carbocycles. The lowest BCUT2D eigenvalue weighted by Gasteiger charge is -2.11. The Bertz CT molecular complexity index is 1320. The van der Waals surface area contributed by atoms with Gasteiger partial charge in [-0.3, -0.25) is 14.3 Å². The number of imidazole rings is 1. The summed E-state index contributed by atoms with van der Waals surface area (Å²) in [5.41, 5.74) is 3.54. The first-order chi connectivity index (χ1) is 15.3. The Morgan fingerprint density at radius 3 is 2.56 bits per heavy atom. The maximum absolute atomic E-state index is 10.9. The van der Waals surface area contributed by atoms with E-state index in [0.717, 1.165) is 16.8 Å². The highest BCUT2D eigenvalue weighted by atomic mass is 32.2. The molecule has 0 atom stereocenters. The Hall–Kier alpha value is -3.57. The number of nitrogens with zero attached hydrogens (tertiary/aromatic N) is 5. The van der Waals surface area contributed by atoms with Crippen molar-refractivity contribution in [2.45, 2.75) is 26.3 Å². The molecule has 0 saturated heterocycles. The summed E-state index contributed by atoms with van der Waals surface area (Å²) in [6.07, 6.45) is 5.87. The lowest BCUT2D eigenvalue weighted by atomic mass is 10.1. The molecular weight excluding hydrogens is 430 g/mol. The highest BCUT2D eigenvalue weighted by Gasteiger charge is 2.15. The first-order valence-electron chi connectivity index (χ1n) is 10.0. The summed E-state index contributed by atoms with van der Waals surface area (Å²) in [5, 5.41) is 3.35. The monoisotopic (exact) mass is 453 g/mol. The van der Waals surface area contributed by atoms with Gasteiger partial charge in [-0.1, -0.05) is 12.1 Å². The minimum Gasteiger partial charge on any atom is -0.368 e. The lowest BCUT2D eigenvalue weighted by molar-refractivity contribution is 0.489. The fourth-order valence-electron chi connectivity index (χ4n) is 3.26. The third-order valence-corrected chi connectivity index (χ3v) is 5.30. The van der Waals surface area contributed by atoms with Crippen LogP contribution in [-0.2, 0) is 16.7 Å². The van der Waals surface area contributed by atoms with Gasteiger partial charge in [0.1, 0.15) is 5.52 Å². The molecule has 3 heterocycles. The number of anilines is 2. The van der Waals surface area contributed by atoms with Gasteiger partial charge in [-0.15, -0.1) is 0 Å². The molecule has 10 nitrogen and oxygen atoms in total. The molecule has 11 heteroatoms. The van der Waals surface area contributed by atoms with Crippen LogP contribution in [0.15, 0.2) is 55.1 Å². The smallest absolute Gasteiger partial charge is 0.357 e. The van der Waals surface area contributed by atoms with Crippen molar-refractivity contribution in [2.75, 3.05) is 16.6 Å². The molecule has 1 aromatic carbocycles. The van der Waals surface area contributed by atoms with E-state index in [9.17, 15) is 8.42 Å². The predicted molar refractivity (Wildman–Crippen MR) is 123 cm³/mol. The molecule has 4 rings (SSSR count). The van der Waals surface area contributed by atoms with E-state index in [1.54, 1.807) is 43.0 Å². The molecule has 0 aliphatic rings. The van der Waals surface area contributed by atoms with Gasteiger partial charge in [0.25, 0.3) is 0 Å². The lowest BCUT2D eigenvalue weighted by Crippen LogP contribution is -2.11. The zero-order chi connectivity index (χ0) is 22.7. The molecule has 0 bridgehead atoms. The van der Waals surface area contributed by atoms with E-state index in [4.69, 9.17) is 9.54 Å². The fourth-order valence-corrected chi connectivity index (χ4v) is 3.69. The number of hydrogen-bond acceptors (Lipinski definition) is 7. The maximum atomic E-state index is 10.9. The van der Waals surface area contributed by atoms with E-state index < -0.39 is 10.3 Å². The molecule has 166 valence electrons. The molecule has 0 unspecified atom stereocenters. The van der Waals surface area contributed by atoms with Crippen molar-refractivity contribution < 1.29 is 13.0 Å². The quantitative estimate of drug-likeness (QED) is 0.346. The first-order valence-corrected chi connectivity index (χ1v) is 11.5. The summed E-state index contributed by atoms with van der Waals surface area (Å²) in [4.78, 5) is 18.1. The molecule has 0 spiro atoms. The minimum atomic E-state index is -4.28. The molecule has 3 N–H and O–H groups in total. The van der Waals surface area contributed by atoms with Gasteiger partial charge in [-0.2, -0.15) is 8.42 Å². The Kier molecular flexibility index (Phi) is 6.01. The van der Waals surface area contributed by atoms with Gasteiger partial charge >= 0.3 is 10.3 Å². The third kappa shape index (κ3) is 5.01. The van der Waals surface area contributed by atoms with Crippen molar-refractivity contribution in [3.8, 4) is 11.4 Å². The summed E-state index contributed by atoms with van der Waals surface area (Å²) >= 11 is 0. The predicted octanol–water partition coefficient (Wildman–Crippen LogP) is 3.34. The Morgan fingerprint density at radius 1 is 1.12 bits per heavy atom. The van der Waals surface area contributed by atoms with E-state index in [1.807, 2.05) is 21.4 Å². The van der Waals surface area contributed by atoms with Crippen LogP contribution in [-0.4, -0.2) is 44.0 Å². The maximum Gasteiger partial charge on any atom is 0.357 e. The summed E-state index contributed by atoms with van der Waals surface area (Å²) in [7, 11) is -4.28. The number of hydrogen-bond donors (Lipinski definition) is 3. The number of fused-ring (bicyclic) bond motifs is 1. The Balaban J connectivity index is 1.56. The molecule has 4 aromatic rings. The van der Waals surface area contributed by atoms with Crippen molar-refractivity contribution in [3.63, 3.8) is 0 Å². The van der Waals surface area contributed by atoms with Gasteiger partial charge in [-0.25, -0.2) is 15.0 Å². The van der Waals surface area contributed by atoms with E-state index in [1.165, 1.54) is 0 Å². The van der Waals surface area contributed by atoms with Crippen LogP contribution in [0.3, 0.4) is 0 Å². The van der Waals surface area contributed by atoms with Crippen LogP contribution in [0.4, 0.5) is 11.5 Å². The van der Waals surface area contributed by atoms with Crippen LogP contribution < -0.4 is 10.0 Å². The summed E-state index contributed by atoms with van der Waals surface area (Å²) < 4.78 is 34.7. The first kappa shape index (κ1) is 21.7. The van der Waals surface area contributed by atoms with Crippen LogP contribution in [0.1, 0.15) is 25.5 Å². The number of nitrogens with one attached hydrogen (secondary N) is 2. The second-order valence-corrected chi connectivity index (χ2v) is 8.66. The standard InChI is InChI=1S/C21H23N7O3S/c1-14(2)28-13-24-18-20(25-19(26-21(18)28)16-4-3-10-22-12-16)23-11-9-15-5-7-17(8-6-15)27-32(29,30)31/h3-8,10,12-14,27H,9,11H2,1-2H3,(H,23,25,26)(H,29,30,31). The molecule has 0 aliphatic heterocycles. The SMILES string of the molecule is CC(C)n1cnc2c(NCCc3ccc(NS(=O)(=O)O)cc3)nc(-c3cccnc3)nc21. The number of benzene rings is 1. The van der Waals surface area contributed by atoms with Crippen LogP contribution in [0, 0.1) is 0 Å². The fraction of sp³-hybridized carbons (Fsp3) is 0.238. The van der Waals surface area contributed by atoms with Crippen molar-refractivity contribution in [1.82, 2.24) is 24.5 Å². The van der Waals surface area contributed by atoms with Gasteiger partial charge in [0, 0.05) is 30.5 Å². The zero-order valence-electron chi connectivity index (χ0n) is 17.6. The third-order valence-electron chi connectivity index (χ3n) is 4.80. The normalized spacial score (nSPS) is 11.8. The highest BCUT2D eigenvalue weighted by Crippen LogP contribution is 2.25. The second kappa shape index (κ2) is 8.89. The van der Waals surface area contributed by atoms with Crippen molar-refractivity contribution in [1.29, 1.82) is 0 Å². The van der Waals surface area contributed by atoms with Gasteiger partial charge in [0.2, 0.25) is 0 Å². The molecule has 0 radical (unpaired) electrons. The Morgan fingerprint density at radius 2 is 1.91 bits per heavy atom. The second-order valence-electron chi connectivity index (χ2n) is 7.51. The number of rotatable bonds is 8. The molecule has 0 amide bonds. The summed E-state index contributed by atoms with van der Waals surface area (Å²) in [6.45, 7) is 4.72. The summed E-state index contributed by atoms with van der Waals surface area (Å²) in [6, 6.07) is 10.7. The molecular formula is C21H23N7O3S. The largest absolute Gasteiger partial charge is 0.368 e. The minimum absolute atomic E-state index is 0.194. The molecule has 3 aromatic heterocycles. The van der Waals surface area contributed by atoms with Crippen LogP contribution in [0.25, 0.3) is 22.6 Å². The Labute approximate surface area is 185 Å². The van der Waals surface area contributed by atoms with E-state index in [2.05, 4.69) is 34.1 Å². The van der Waals surface area contributed by atoms with Gasteiger partial charge in [-0.05, 0) is 50.1 Å². The van der Waals surface area contributed by atoms with E-state index >= 15 is 0 Å². The average molecular weight is 454 g/mol. The number of pyridine rings is 1.